The van der Waals surface area contributed by atoms with Crippen molar-refractivity contribution >= 4 is 11.6 Å². The number of hydrogen-bond donors (Lipinski definition) is 1. The SMILES string of the molecule is Cc1ccc(F)cc1C(N)c1cccc(Cl)c1. The molecule has 0 spiro atoms. The Morgan fingerprint density at radius 2 is 1.94 bits per heavy atom. The normalized spacial score (nSPS) is 12.5. The summed E-state index contributed by atoms with van der Waals surface area (Å²) < 4.78 is 13.2. The van der Waals surface area contributed by atoms with Gasteiger partial charge in [-0.15, -0.1) is 0 Å². The maximum Gasteiger partial charge on any atom is 0.123 e. The molecule has 0 saturated carbocycles. The van der Waals surface area contributed by atoms with E-state index >= 15 is 0 Å². The highest BCUT2D eigenvalue weighted by Gasteiger charge is 2.12. The molecule has 0 aromatic heterocycles. The molecule has 2 rings (SSSR count). The highest BCUT2D eigenvalue weighted by Crippen LogP contribution is 2.25. The molecule has 2 N–H and O–H groups in total. The van der Waals surface area contributed by atoms with E-state index in [-0.39, 0.29) is 11.9 Å². The van der Waals surface area contributed by atoms with E-state index in [2.05, 4.69) is 0 Å². The van der Waals surface area contributed by atoms with Gasteiger partial charge < -0.3 is 5.73 Å². The first-order chi connectivity index (χ1) is 8.08. The first-order valence-electron chi connectivity index (χ1n) is 5.35. The number of rotatable bonds is 2. The summed E-state index contributed by atoms with van der Waals surface area (Å²) in [5.74, 6) is -0.275. The average Bonchev–Trinajstić information content (AvgIpc) is 2.31. The third kappa shape index (κ3) is 2.65. The molecule has 88 valence electrons. The van der Waals surface area contributed by atoms with Gasteiger partial charge in [-0.1, -0.05) is 29.8 Å². The lowest BCUT2D eigenvalue weighted by Gasteiger charge is -2.15. The minimum Gasteiger partial charge on any atom is -0.320 e. The minimum atomic E-state index is -0.357. The lowest BCUT2D eigenvalue weighted by molar-refractivity contribution is 0.622. The largest absolute Gasteiger partial charge is 0.320 e. The van der Waals surface area contributed by atoms with E-state index in [0.717, 1.165) is 16.7 Å². The van der Waals surface area contributed by atoms with E-state index in [0.29, 0.717) is 5.02 Å². The van der Waals surface area contributed by atoms with Gasteiger partial charge >= 0.3 is 0 Å². The van der Waals surface area contributed by atoms with E-state index in [1.807, 2.05) is 19.1 Å². The first-order valence-corrected chi connectivity index (χ1v) is 5.73. The Labute approximate surface area is 105 Å². The molecule has 2 aromatic carbocycles. The average molecular weight is 250 g/mol. The van der Waals surface area contributed by atoms with Crippen LogP contribution < -0.4 is 5.73 Å². The summed E-state index contributed by atoms with van der Waals surface area (Å²) in [5.41, 5.74) is 8.77. The van der Waals surface area contributed by atoms with Crippen molar-refractivity contribution in [2.75, 3.05) is 0 Å². The molecule has 2 aromatic rings. The Kier molecular flexibility index (Phi) is 3.46. The summed E-state index contributed by atoms with van der Waals surface area (Å²) in [6, 6.07) is 11.6. The van der Waals surface area contributed by atoms with E-state index in [9.17, 15) is 4.39 Å². The smallest absolute Gasteiger partial charge is 0.123 e. The van der Waals surface area contributed by atoms with Crippen LogP contribution in [0.15, 0.2) is 42.5 Å². The Morgan fingerprint density at radius 1 is 1.18 bits per heavy atom. The molecule has 3 heteroatoms. The molecule has 0 saturated heterocycles. The van der Waals surface area contributed by atoms with Gasteiger partial charge in [0, 0.05) is 5.02 Å². The van der Waals surface area contributed by atoms with Gasteiger partial charge in [-0.05, 0) is 47.9 Å². The Hall–Kier alpha value is -1.38. The van der Waals surface area contributed by atoms with Crippen molar-refractivity contribution in [3.63, 3.8) is 0 Å². The van der Waals surface area contributed by atoms with Gasteiger partial charge in [-0.2, -0.15) is 0 Å². The highest BCUT2D eigenvalue weighted by atomic mass is 35.5. The Morgan fingerprint density at radius 3 is 2.65 bits per heavy atom. The first kappa shape index (κ1) is 12.1. The third-order valence-electron chi connectivity index (χ3n) is 2.78. The van der Waals surface area contributed by atoms with Crippen LogP contribution in [-0.4, -0.2) is 0 Å². The standard InChI is InChI=1S/C14H13ClFN/c1-9-5-6-12(16)8-13(9)14(17)10-3-2-4-11(15)7-10/h2-8,14H,17H2,1H3. The molecule has 0 radical (unpaired) electrons. The quantitative estimate of drug-likeness (QED) is 0.860. The van der Waals surface area contributed by atoms with Gasteiger partial charge in [0.2, 0.25) is 0 Å². The lowest BCUT2D eigenvalue weighted by Crippen LogP contribution is -2.13. The summed E-state index contributed by atoms with van der Waals surface area (Å²) >= 11 is 5.92. The Bertz CT molecular complexity index is 539. The third-order valence-corrected chi connectivity index (χ3v) is 3.02. The van der Waals surface area contributed by atoms with Crippen LogP contribution in [0.1, 0.15) is 22.7 Å². The second-order valence-corrected chi connectivity index (χ2v) is 4.47. The van der Waals surface area contributed by atoms with Gasteiger partial charge in [0.15, 0.2) is 0 Å². The predicted octanol–water partition coefficient (Wildman–Crippen LogP) is 3.84. The van der Waals surface area contributed by atoms with E-state index in [1.165, 1.54) is 12.1 Å². The molecule has 1 nitrogen and oxygen atoms in total. The molecule has 0 aliphatic carbocycles. The molecular weight excluding hydrogens is 237 g/mol. The second-order valence-electron chi connectivity index (χ2n) is 4.03. The summed E-state index contributed by atoms with van der Waals surface area (Å²) in [5, 5.41) is 0.631. The second kappa shape index (κ2) is 4.86. The summed E-state index contributed by atoms with van der Waals surface area (Å²) in [6.07, 6.45) is 0. The van der Waals surface area contributed by atoms with Crippen LogP contribution in [0.4, 0.5) is 4.39 Å². The zero-order valence-electron chi connectivity index (χ0n) is 9.45. The van der Waals surface area contributed by atoms with Gasteiger partial charge in [-0.3, -0.25) is 0 Å². The van der Waals surface area contributed by atoms with Gasteiger partial charge in [0.05, 0.1) is 6.04 Å². The van der Waals surface area contributed by atoms with Crippen LogP contribution in [-0.2, 0) is 0 Å². The molecule has 0 aliphatic rings. The van der Waals surface area contributed by atoms with Crippen LogP contribution in [0.5, 0.6) is 0 Å². The Balaban J connectivity index is 2.43. The lowest BCUT2D eigenvalue weighted by atomic mass is 9.96. The number of benzene rings is 2. The zero-order valence-corrected chi connectivity index (χ0v) is 10.2. The molecule has 0 heterocycles. The number of aryl methyl sites for hydroxylation is 1. The van der Waals surface area contributed by atoms with Crippen molar-refractivity contribution in [3.05, 3.63) is 70.0 Å². The molecule has 0 aliphatic heterocycles. The topological polar surface area (TPSA) is 26.0 Å². The van der Waals surface area contributed by atoms with Gasteiger partial charge in [0.25, 0.3) is 0 Å². The molecule has 1 atom stereocenters. The molecule has 1 unspecified atom stereocenters. The van der Waals surface area contributed by atoms with Crippen LogP contribution in [0, 0.1) is 12.7 Å². The fourth-order valence-corrected chi connectivity index (χ4v) is 2.02. The van der Waals surface area contributed by atoms with Crippen LogP contribution in [0.25, 0.3) is 0 Å². The fourth-order valence-electron chi connectivity index (χ4n) is 1.83. The molecular formula is C14H13ClFN. The minimum absolute atomic E-state index is 0.275. The summed E-state index contributed by atoms with van der Waals surface area (Å²) in [4.78, 5) is 0. The maximum atomic E-state index is 13.2. The van der Waals surface area contributed by atoms with Crippen molar-refractivity contribution in [2.24, 2.45) is 5.73 Å². The maximum absolute atomic E-state index is 13.2. The van der Waals surface area contributed by atoms with E-state index in [1.54, 1.807) is 18.2 Å². The van der Waals surface area contributed by atoms with Crippen LogP contribution >= 0.6 is 11.6 Å². The van der Waals surface area contributed by atoms with Gasteiger partial charge in [-0.25, -0.2) is 4.39 Å². The van der Waals surface area contributed by atoms with Crippen molar-refractivity contribution in [3.8, 4) is 0 Å². The number of nitrogens with two attached hydrogens (primary N) is 1. The van der Waals surface area contributed by atoms with Crippen molar-refractivity contribution in [1.29, 1.82) is 0 Å². The molecule has 0 fully saturated rings. The highest BCUT2D eigenvalue weighted by molar-refractivity contribution is 6.30. The monoisotopic (exact) mass is 249 g/mol. The molecule has 0 bridgehead atoms. The van der Waals surface area contributed by atoms with E-state index in [4.69, 9.17) is 17.3 Å². The number of halogens is 2. The molecule has 0 amide bonds. The number of hydrogen-bond acceptors (Lipinski definition) is 1. The van der Waals surface area contributed by atoms with Crippen LogP contribution in [0.3, 0.4) is 0 Å². The zero-order chi connectivity index (χ0) is 12.4. The van der Waals surface area contributed by atoms with Crippen molar-refractivity contribution < 1.29 is 4.39 Å². The van der Waals surface area contributed by atoms with Crippen molar-refractivity contribution in [2.45, 2.75) is 13.0 Å². The van der Waals surface area contributed by atoms with Gasteiger partial charge in [0.1, 0.15) is 5.82 Å². The van der Waals surface area contributed by atoms with Crippen molar-refractivity contribution in [1.82, 2.24) is 0 Å². The molecule has 17 heavy (non-hydrogen) atoms. The van der Waals surface area contributed by atoms with Crippen LogP contribution in [0.2, 0.25) is 5.02 Å². The predicted molar refractivity (Wildman–Crippen MR) is 68.6 cm³/mol. The van der Waals surface area contributed by atoms with E-state index < -0.39 is 0 Å². The fraction of sp³-hybridized carbons (Fsp3) is 0.143. The summed E-state index contributed by atoms with van der Waals surface area (Å²) in [6.45, 7) is 1.92. The summed E-state index contributed by atoms with van der Waals surface area (Å²) in [7, 11) is 0.